The molecule has 2 aliphatic rings. The Morgan fingerprint density at radius 1 is 1.04 bits per heavy atom. The maximum Gasteiger partial charge on any atom is 0.264 e. The van der Waals surface area contributed by atoms with Gasteiger partial charge in [0.05, 0.1) is 11.4 Å². The summed E-state index contributed by atoms with van der Waals surface area (Å²) >= 11 is 1.51. The highest BCUT2D eigenvalue weighted by Gasteiger charge is 2.28. The number of aryl methyl sites for hydroxylation is 1. The molecule has 3 heterocycles. The standard InChI is InChI=1S/C20H23N3O2S/c1-15-7-13-26-19(15)20(25)22-11-9-21(10-12-22)14-18(24)23-8-6-16-4-2-3-5-17(16)23/h2-5,7,13H,6,8-12,14H2,1H3. The number of carbonyl (C=O) groups is 2. The third-order valence-corrected chi connectivity index (χ3v) is 6.27. The Morgan fingerprint density at radius 3 is 2.54 bits per heavy atom. The van der Waals surface area contributed by atoms with Crippen LogP contribution in [0.1, 0.15) is 20.8 Å². The summed E-state index contributed by atoms with van der Waals surface area (Å²) in [6.45, 7) is 6.03. The monoisotopic (exact) mass is 369 g/mol. The number of hydrogen-bond donors (Lipinski definition) is 0. The molecule has 5 nitrogen and oxygen atoms in total. The lowest BCUT2D eigenvalue weighted by Gasteiger charge is -2.35. The van der Waals surface area contributed by atoms with Crippen molar-refractivity contribution >= 4 is 28.8 Å². The van der Waals surface area contributed by atoms with Crippen molar-refractivity contribution < 1.29 is 9.59 Å². The van der Waals surface area contributed by atoms with Crippen LogP contribution < -0.4 is 4.90 Å². The van der Waals surface area contributed by atoms with Gasteiger partial charge in [0.2, 0.25) is 5.91 Å². The molecular formula is C20H23N3O2S. The van der Waals surface area contributed by atoms with Crippen LogP contribution in [0.2, 0.25) is 0 Å². The number of amides is 2. The number of benzene rings is 1. The number of rotatable bonds is 3. The molecule has 26 heavy (non-hydrogen) atoms. The van der Waals surface area contributed by atoms with E-state index in [0.29, 0.717) is 19.6 Å². The minimum absolute atomic E-state index is 0.122. The van der Waals surface area contributed by atoms with Gasteiger partial charge < -0.3 is 9.80 Å². The van der Waals surface area contributed by atoms with Crippen LogP contribution in [-0.4, -0.2) is 60.9 Å². The fourth-order valence-electron chi connectivity index (χ4n) is 3.72. The van der Waals surface area contributed by atoms with E-state index in [1.54, 1.807) is 0 Å². The molecule has 0 aliphatic carbocycles. The zero-order valence-electron chi connectivity index (χ0n) is 15.0. The summed E-state index contributed by atoms with van der Waals surface area (Å²) in [5, 5.41) is 1.96. The Labute approximate surface area is 157 Å². The molecule has 1 saturated heterocycles. The molecule has 0 radical (unpaired) electrons. The lowest BCUT2D eigenvalue weighted by atomic mass is 10.2. The SMILES string of the molecule is Cc1ccsc1C(=O)N1CCN(CC(=O)N2CCc3ccccc32)CC1. The molecule has 0 N–H and O–H groups in total. The number of fused-ring (bicyclic) bond motifs is 1. The smallest absolute Gasteiger partial charge is 0.264 e. The number of hydrogen-bond acceptors (Lipinski definition) is 4. The quantitative estimate of drug-likeness (QED) is 0.835. The largest absolute Gasteiger partial charge is 0.335 e. The molecule has 136 valence electrons. The maximum absolute atomic E-state index is 12.7. The van der Waals surface area contributed by atoms with Crippen molar-refractivity contribution in [3.8, 4) is 0 Å². The second kappa shape index (κ2) is 7.21. The molecule has 0 bridgehead atoms. The summed E-state index contributed by atoms with van der Waals surface area (Å²) in [5.74, 6) is 0.278. The van der Waals surface area contributed by atoms with E-state index in [9.17, 15) is 9.59 Å². The predicted molar refractivity (Wildman–Crippen MR) is 104 cm³/mol. The van der Waals surface area contributed by atoms with Gasteiger partial charge in [-0.2, -0.15) is 0 Å². The van der Waals surface area contributed by atoms with Crippen LogP contribution >= 0.6 is 11.3 Å². The fraction of sp³-hybridized carbons (Fsp3) is 0.400. The van der Waals surface area contributed by atoms with Crippen molar-refractivity contribution in [1.29, 1.82) is 0 Å². The van der Waals surface area contributed by atoms with Crippen LogP contribution in [0, 0.1) is 6.92 Å². The summed E-state index contributed by atoms with van der Waals surface area (Å²) in [6.07, 6.45) is 0.935. The van der Waals surface area contributed by atoms with Gasteiger partial charge in [-0.3, -0.25) is 14.5 Å². The summed E-state index contributed by atoms with van der Waals surface area (Å²) in [5.41, 5.74) is 3.35. The third kappa shape index (κ3) is 3.27. The Kier molecular flexibility index (Phi) is 4.78. The first-order chi connectivity index (χ1) is 12.6. The Hall–Kier alpha value is -2.18. The van der Waals surface area contributed by atoms with Gasteiger partial charge in [0.25, 0.3) is 5.91 Å². The first kappa shape index (κ1) is 17.2. The van der Waals surface area contributed by atoms with Crippen LogP contribution in [0.15, 0.2) is 35.7 Å². The van der Waals surface area contributed by atoms with E-state index in [0.717, 1.165) is 42.2 Å². The minimum Gasteiger partial charge on any atom is -0.335 e. The topological polar surface area (TPSA) is 43.9 Å². The second-order valence-corrected chi connectivity index (χ2v) is 7.84. The number of para-hydroxylation sites is 1. The predicted octanol–water partition coefficient (Wildman–Crippen LogP) is 2.40. The zero-order valence-corrected chi connectivity index (χ0v) is 15.8. The van der Waals surface area contributed by atoms with E-state index in [1.165, 1.54) is 16.9 Å². The van der Waals surface area contributed by atoms with E-state index >= 15 is 0 Å². The van der Waals surface area contributed by atoms with Crippen LogP contribution in [0.3, 0.4) is 0 Å². The number of thiophene rings is 1. The molecule has 2 aromatic rings. The van der Waals surface area contributed by atoms with Gasteiger partial charge in [-0.05, 0) is 42.0 Å². The molecule has 1 aromatic carbocycles. The van der Waals surface area contributed by atoms with Gasteiger partial charge in [0.1, 0.15) is 0 Å². The summed E-state index contributed by atoms with van der Waals surface area (Å²) < 4.78 is 0. The number of carbonyl (C=O) groups excluding carboxylic acids is 2. The van der Waals surface area contributed by atoms with E-state index in [2.05, 4.69) is 11.0 Å². The van der Waals surface area contributed by atoms with Gasteiger partial charge in [0.15, 0.2) is 0 Å². The molecule has 2 aliphatic heterocycles. The molecule has 4 rings (SSSR count). The fourth-order valence-corrected chi connectivity index (χ4v) is 4.61. The van der Waals surface area contributed by atoms with Crippen molar-refractivity contribution in [3.63, 3.8) is 0 Å². The van der Waals surface area contributed by atoms with E-state index in [4.69, 9.17) is 0 Å². The average Bonchev–Trinajstić information content (AvgIpc) is 3.28. The summed E-state index contributed by atoms with van der Waals surface area (Å²) in [6, 6.07) is 10.1. The molecule has 1 aromatic heterocycles. The molecule has 0 spiro atoms. The van der Waals surface area contributed by atoms with Crippen LogP contribution in [0.5, 0.6) is 0 Å². The lowest BCUT2D eigenvalue weighted by molar-refractivity contribution is -0.120. The van der Waals surface area contributed by atoms with Gasteiger partial charge in [-0.1, -0.05) is 18.2 Å². The van der Waals surface area contributed by atoms with Gasteiger partial charge in [-0.25, -0.2) is 0 Å². The highest BCUT2D eigenvalue weighted by molar-refractivity contribution is 7.12. The minimum atomic E-state index is 0.122. The normalized spacial score (nSPS) is 17.4. The highest BCUT2D eigenvalue weighted by atomic mass is 32.1. The van der Waals surface area contributed by atoms with Crippen molar-refractivity contribution in [2.45, 2.75) is 13.3 Å². The van der Waals surface area contributed by atoms with E-state index < -0.39 is 0 Å². The molecule has 0 unspecified atom stereocenters. The third-order valence-electron chi connectivity index (χ3n) is 5.26. The van der Waals surface area contributed by atoms with Crippen molar-refractivity contribution in [3.05, 3.63) is 51.7 Å². The average molecular weight is 369 g/mol. The van der Waals surface area contributed by atoms with Gasteiger partial charge in [-0.15, -0.1) is 11.3 Å². The van der Waals surface area contributed by atoms with E-state index in [1.807, 2.05) is 46.4 Å². The number of nitrogens with zero attached hydrogens (tertiary/aromatic N) is 3. The van der Waals surface area contributed by atoms with Crippen molar-refractivity contribution in [1.82, 2.24) is 9.80 Å². The van der Waals surface area contributed by atoms with Crippen molar-refractivity contribution in [2.24, 2.45) is 0 Å². The Bertz CT molecular complexity index is 824. The highest BCUT2D eigenvalue weighted by Crippen LogP contribution is 2.27. The van der Waals surface area contributed by atoms with Gasteiger partial charge >= 0.3 is 0 Å². The summed E-state index contributed by atoms with van der Waals surface area (Å²) in [4.78, 5) is 32.1. The molecule has 0 saturated carbocycles. The first-order valence-corrected chi connectivity index (χ1v) is 9.95. The van der Waals surface area contributed by atoms with Crippen LogP contribution in [0.25, 0.3) is 0 Å². The summed E-state index contributed by atoms with van der Waals surface area (Å²) in [7, 11) is 0. The molecule has 1 fully saturated rings. The Balaban J connectivity index is 1.32. The molecule has 2 amide bonds. The molecule has 6 heteroatoms. The molecule has 0 atom stereocenters. The maximum atomic E-state index is 12.7. The number of piperazine rings is 1. The second-order valence-electron chi connectivity index (χ2n) is 6.93. The Morgan fingerprint density at radius 2 is 1.81 bits per heavy atom. The van der Waals surface area contributed by atoms with Crippen LogP contribution in [-0.2, 0) is 11.2 Å². The lowest BCUT2D eigenvalue weighted by Crippen LogP contribution is -2.51. The van der Waals surface area contributed by atoms with Crippen LogP contribution in [0.4, 0.5) is 5.69 Å². The first-order valence-electron chi connectivity index (χ1n) is 9.07. The number of anilines is 1. The zero-order chi connectivity index (χ0) is 18.1. The van der Waals surface area contributed by atoms with Crippen molar-refractivity contribution in [2.75, 3.05) is 44.2 Å². The van der Waals surface area contributed by atoms with E-state index in [-0.39, 0.29) is 11.8 Å². The van der Waals surface area contributed by atoms with Gasteiger partial charge in [0, 0.05) is 38.4 Å². The molecular weight excluding hydrogens is 346 g/mol.